The molecule has 1 aromatic rings. The number of allylic oxidation sites excluding steroid dienone is 2. The molecule has 0 amide bonds. The van der Waals surface area contributed by atoms with Gasteiger partial charge in [0.2, 0.25) is 0 Å². The molecule has 0 unspecified atom stereocenters. The molecule has 0 radical (unpaired) electrons. The first kappa shape index (κ1) is 13.6. The second-order valence-electron chi connectivity index (χ2n) is 4.34. The summed E-state index contributed by atoms with van der Waals surface area (Å²) in [6.07, 6.45) is 4.78. The second kappa shape index (κ2) is 5.43. The Morgan fingerprint density at radius 1 is 1.50 bits per heavy atom. The monoisotopic (exact) mass is 275 g/mol. The fourth-order valence-electron chi connectivity index (χ4n) is 1.81. The molecule has 0 bridgehead atoms. The van der Waals surface area contributed by atoms with E-state index in [2.05, 4.69) is 5.43 Å². The van der Waals surface area contributed by atoms with Crippen molar-refractivity contribution in [2.24, 2.45) is 0 Å². The number of hydrogen-bond donors (Lipinski definition) is 2. The van der Waals surface area contributed by atoms with Gasteiger partial charge in [-0.1, -0.05) is 6.07 Å². The van der Waals surface area contributed by atoms with Gasteiger partial charge in [-0.3, -0.25) is 20.5 Å². The Kier molecular flexibility index (Phi) is 3.69. The van der Waals surface area contributed by atoms with Crippen molar-refractivity contribution in [3.63, 3.8) is 0 Å². The van der Waals surface area contributed by atoms with E-state index in [4.69, 9.17) is 5.11 Å². The standard InChI is InChI=1S/C13H13N3O4/c1-9-4-5-11(7-12(9)16(19)20)14-15-6-2-3-10(8-15)13(17)18/h2-7,14H,8H2,1H3,(H,17,18). The summed E-state index contributed by atoms with van der Waals surface area (Å²) < 4.78 is 0. The maximum Gasteiger partial charge on any atom is 0.333 e. The number of carboxylic acids is 1. The maximum atomic E-state index is 10.9. The zero-order chi connectivity index (χ0) is 14.7. The SMILES string of the molecule is Cc1ccc(NN2C=CC=C(C(=O)O)C2)cc1[N+](=O)[O-]. The number of nitrogens with one attached hydrogen (secondary N) is 1. The van der Waals surface area contributed by atoms with Gasteiger partial charge in [-0.2, -0.15) is 0 Å². The molecule has 0 saturated carbocycles. The zero-order valence-corrected chi connectivity index (χ0v) is 10.7. The minimum absolute atomic E-state index is 0.0185. The summed E-state index contributed by atoms with van der Waals surface area (Å²) in [5.74, 6) is -0.990. The largest absolute Gasteiger partial charge is 0.478 e. The molecule has 0 spiro atoms. The van der Waals surface area contributed by atoms with Gasteiger partial charge in [-0.15, -0.1) is 0 Å². The van der Waals surface area contributed by atoms with Crippen LogP contribution in [0.2, 0.25) is 0 Å². The lowest BCUT2D eigenvalue weighted by molar-refractivity contribution is -0.385. The summed E-state index contributed by atoms with van der Waals surface area (Å²) in [7, 11) is 0. The van der Waals surface area contributed by atoms with Gasteiger partial charge >= 0.3 is 5.97 Å². The quantitative estimate of drug-likeness (QED) is 0.645. The number of aliphatic carboxylic acids is 1. The minimum Gasteiger partial charge on any atom is -0.478 e. The van der Waals surface area contributed by atoms with Crippen LogP contribution in [0.4, 0.5) is 11.4 Å². The summed E-state index contributed by atoms with van der Waals surface area (Å²) in [4.78, 5) is 21.3. The average molecular weight is 275 g/mol. The molecule has 0 aromatic heterocycles. The van der Waals surface area contributed by atoms with Crippen LogP contribution >= 0.6 is 0 Å². The van der Waals surface area contributed by atoms with E-state index in [1.54, 1.807) is 36.3 Å². The summed E-state index contributed by atoms with van der Waals surface area (Å²) >= 11 is 0. The van der Waals surface area contributed by atoms with Crippen molar-refractivity contribution in [1.29, 1.82) is 0 Å². The van der Waals surface area contributed by atoms with Gasteiger partial charge in [0, 0.05) is 17.8 Å². The van der Waals surface area contributed by atoms with Crippen molar-refractivity contribution in [2.45, 2.75) is 6.92 Å². The summed E-state index contributed by atoms with van der Waals surface area (Å²) in [5, 5.41) is 21.4. The van der Waals surface area contributed by atoms with Gasteiger partial charge in [-0.25, -0.2) is 4.79 Å². The van der Waals surface area contributed by atoms with Crippen molar-refractivity contribution in [3.8, 4) is 0 Å². The number of nitrogens with zero attached hydrogens (tertiary/aromatic N) is 2. The predicted octanol–water partition coefficient (Wildman–Crippen LogP) is 2.07. The molecular formula is C13H13N3O4. The maximum absolute atomic E-state index is 10.9. The molecule has 7 heteroatoms. The van der Waals surface area contributed by atoms with Crippen molar-refractivity contribution in [1.82, 2.24) is 5.01 Å². The Morgan fingerprint density at radius 3 is 2.90 bits per heavy atom. The van der Waals surface area contributed by atoms with Crippen LogP contribution in [-0.4, -0.2) is 27.6 Å². The van der Waals surface area contributed by atoms with Crippen molar-refractivity contribution in [3.05, 3.63) is 57.8 Å². The van der Waals surface area contributed by atoms with E-state index < -0.39 is 10.9 Å². The predicted molar refractivity (Wildman–Crippen MR) is 73.0 cm³/mol. The third-order valence-electron chi connectivity index (χ3n) is 2.86. The summed E-state index contributed by atoms with van der Waals surface area (Å²) in [6.45, 7) is 1.83. The van der Waals surface area contributed by atoms with E-state index >= 15 is 0 Å². The van der Waals surface area contributed by atoms with E-state index in [0.29, 0.717) is 11.3 Å². The lowest BCUT2D eigenvalue weighted by atomic mass is 10.2. The van der Waals surface area contributed by atoms with Gasteiger partial charge in [0.15, 0.2) is 0 Å². The number of nitro groups is 1. The number of rotatable bonds is 4. The number of nitro benzene ring substituents is 1. The van der Waals surface area contributed by atoms with Crippen LogP contribution < -0.4 is 5.43 Å². The van der Waals surface area contributed by atoms with E-state index in [0.717, 1.165) is 0 Å². The van der Waals surface area contributed by atoms with Crippen LogP contribution in [0.15, 0.2) is 42.1 Å². The molecular weight excluding hydrogens is 262 g/mol. The van der Waals surface area contributed by atoms with E-state index in [1.807, 2.05) is 0 Å². The number of hydrazine groups is 1. The molecule has 7 nitrogen and oxygen atoms in total. The molecule has 1 aliphatic heterocycles. The fourth-order valence-corrected chi connectivity index (χ4v) is 1.81. The number of benzene rings is 1. The molecule has 20 heavy (non-hydrogen) atoms. The zero-order valence-electron chi connectivity index (χ0n) is 10.7. The van der Waals surface area contributed by atoms with E-state index in [9.17, 15) is 14.9 Å². The molecule has 0 atom stereocenters. The van der Waals surface area contributed by atoms with Crippen LogP contribution in [0.1, 0.15) is 5.56 Å². The highest BCUT2D eigenvalue weighted by atomic mass is 16.6. The van der Waals surface area contributed by atoms with E-state index in [1.165, 1.54) is 12.1 Å². The first-order valence-corrected chi connectivity index (χ1v) is 5.86. The van der Waals surface area contributed by atoms with Crippen LogP contribution in [0, 0.1) is 17.0 Å². The average Bonchev–Trinajstić information content (AvgIpc) is 2.41. The number of anilines is 1. The van der Waals surface area contributed by atoms with Gasteiger partial charge in [0.25, 0.3) is 5.69 Å². The van der Waals surface area contributed by atoms with Crippen LogP contribution in [-0.2, 0) is 4.79 Å². The van der Waals surface area contributed by atoms with Crippen molar-refractivity contribution >= 4 is 17.3 Å². The van der Waals surface area contributed by atoms with Gasteiger partial charge < -0.3 is 5.11 Å². The number of aryl methyl sites for hydroxylation is 1. The summed E-state index contributed by atoms with van der Waals surface area (Å²) in [6, 6.07) is 4.76. The lowest BCUT2D eigenvalue weighted by Crippen LogP contribution is -2.30. The lowest BCUT2D eigenvalue weighted by Gasteiger charge is -2.24. The number of carbonyl (C=O) groups is 1. The Hall–Kier alpha value is -2.83. The van der Waals surface area contributed by atoms with Crippen LogP contribution in [0.5, 0.6) is 0 Å². The Labute approximate surface area is 114 Å². The molecule has 1 heterocycles. The molecule has 2 rings (SSSR count). The Bertz CT molecular complexity index is 622. The van der Waals surface area contributed by atoms with E-state index in [-0.39, 0.29) is 17.8 Å². The Morgan fingerprint density at radius 2 is 2.25 bits per heavy atom. The molecule has 1 aliphatic rings. The van der Waals surface area contributed by atoms with Gasteiger partial charge in [-0.05, 0) is 25.1 Å². The molecule has 2 N–H and O–H groups in total. The molecule has 104 valence electrons. The fraction of sp³-hybridized carbons (Fsp3) is 0.154. The molecule has 0 aliphatic carbocycles. The number of hydrogen-bond acceptors (Lipinski definition) is 5. The van der Waals surface area contributed by atoms with Gasteiger partial charge in [0.1, 0.15) is 0 Å². The minimum atomic E-state index is -0.990. The summed E-state index contributed by atoms with van der Waals surface area (Å²) in [5.41, 5.74) is 4.28. The highest BCUT2D eigenvalue weighted by Gasteiger charge is 2.15. The van der Waals surface area contributed by atoms with Crippen LogP contribution in [0.25, 0.3) is 0 Å². The molecule has 0 saturated heterocycles. The molecule has 0 fully saturated rings. The normalized spacial score (nSPS) is 13.8. The topological polar surface area (TPSA) is 95.7 Å². The Balaban J connectivity index is 2.14. The van der Waals surface area contributed by atoms with Crippen LogP contribution in [0.3, 0.4) is 0 Å². The van der Waals surface area contributed by atoms with Crippen molar-refractivity contribution in [2.75, 3.05) is 12.0 Å². The smallest absolute Gasteiger partial charge is 0.333 e. The molecule has 1 aromatic carbocycles. The second-order valence-corrected chi connectivity index (χ2v) is 4.34. The van der Waals surface area contributed by atoms with Gasteiger partial charge in [0.05, 0.1) is 22.7 Å². The first-order chi connectivity index (χ1) is 9.47. The number of carboxylic acid groups (broad SMARTS) is 1. The highest BCUT2D eigenvalue weighted by molar-refractivity contribution is 5.87. The third-order valence-corrected chi connectivity index (χ3v) is 2.86. The third kappa shape index (κ3) is 2.94. The first-order valence-electron chi connectivity index (χ1n) is 5.86. The highest BCUT2D eigenvalue weighted by Crippen LogP contribution is 2.23. The van der Waals surface area contributed by atoms with Crippen molar-refractivity contribution < 1.29 is 14.8 Å².